The number of hydrogen-bond acceptors (Lipinski definition) is 4. The van der Waals surface area contributed by atoms with E-state index in [-0.39, 0.29) is 0 Å². The van der Waals surface area contributed by atoms with E-state index < -0.39 is 21.9 Å². The molecule has 0 spiro atoms. The number of anilines is 6. The first-order valence-electron chi connectivity index (χ1n) is 25.8. The van der Waals surface area contributed by atoms with Gasteiger partial charge >= 0.3 is 0 Å². The van der Waals surface area contributed by atoms with E-state index in [0.717, 1.165) is 67.5 Å². The van der Waals surface area contributed by atoms with Crippen molar-refractivity contribution in [2.75, 3.05) is 16.8 Å². The van der Waals surface area contributed by atoms with Gasteiger partial charge in [-0.1, -0.05) is 185 Å². The minimum Gasteiger partial charge on any atom is -0.319 e. The van der Waals surface area contributed by atoms with E-state index >= 15 is 0 Å². The van der Waals surface area contributed by atoms with E-state index in [4.69, 9.17) is 0 Å². The number of nitriles is 1. The molecule has 0 aromatic heterocycles. The minimum absolute atomic E-state index is 0.319. The Morgan fingerprint density at radius 1 is 0.419 bits per heavy atom. The molecule has 0 fully saturated rings. The van der Waals surface area contributed by atoms with E-state index in [9.17, 15) is 11.8 Å². The maximum atomic E-state index is 12.2. The maximum absolute atomic E-state index is 12.2. The van der Waals surface area contributed by atoms with Crippen LogP contribution in [0.2, 0.25) is 0 Å². The Labute approximate surface area is 437 Å². The van der Waals surface area contributed by atoms with Crippen LogP contribution in [0.5, 0.6) is 0 Å². The third-order valence-electron chi connectivity index (χ3n) is 17.1. The van der Waals surface area contributed by atoms with Crippen LogP contribution >= 0.6 is 0 Å². The predicted octanol–water partition coefficient (Wildman–Crippen LogP) is 18.4. The van der Waals surface area contributed by atoms with E-state index in [0.29, 0.717) is 11.3 Å². The van der Waals surface area contributed by atoms with Gasteiger partial charge in [0.05, 0.1) is 35.3 Å². The molecule has 0 amide bonds. The largest absolute Gasteiger partial charge is 0.319 e. The van der Waals surface area contributed by atoms with Crippen LogP contribution in [0.15, 0.2) is 194 Å². The van der Waals surface area contributed by atoms with Gasteiger partial charge in [0.2, 0.25) is 5.69 Å². The normalized spacial score (nSPS) is 15.7. The molecule has 9 aromatic carbocycles. The SMILES string of the molecule is [C-]#[N+]c1c(C#N)c(N(c2ccc(-c3ccccc3)cc2)c2cccc3c2C(C)(C)c2ccccc2-3)c2c(c1N(c1ccc(-c3ccccc3)cc1)c1cccc3c1C(C)(C)c1ccccc1-3)C(C)(C)N(C)C2(C)C. The first-order chi connectivity index (χ1) is 35.6. The van der Waals surface area contributed by atoms with Gasteiger partial charge < -0.3 is 9.80 Å². The molecule has 2 aliphatic carbocycles. The van der Waals surface area contributed by atoms with Crippen LogP contribution < -0.4 is 9.80 Å². The average molecular weight is 958 g/mol. The summed E-state index contributed by atoms with van der Waals surface area (Å²) in [5.74, 6) is 0. The minimum atomic E-state index is -0.648. The van der Waals surface area contributed by atoms with E-state index in [2.05, 4.69) is 270 Å². The fourth-order valence-corrected chi connectivity index (χ4v) is 13.2. The third kappa shape index (κ3) is 6.63. The summed E-state index contributed by atoms with van der Waals surface area (Å²) in [4.78, 5) is 11.8. The zero-order valence-corrected chi connectivity index (χ0v) is 43.7. The fourth-order valence-electron chi connectivity index (χ4n) is 13.2. The van der Waals surface area contributed by atoms with Crippen molar-refractivity contribution in [3.05, 3.63) is 244 Å². The molecular formula is C69H59N5. The Kier molecular flexibility index (Phi) is 10.6. The molecule has 0 saturated carbocycles. The van der Waals surface area contributed by atoms with Crippen molar-refractivity contribution in [3.63, 3.8) is 0 Å². The maximum Gasteiger partial charge on any atom is 0.230 e. The lowest BCUT2D eigenvalue weighted by atomic mass is 9.79. The van der Waals surface area contributed by atoms with E-state index in [1.165, 1.54) is 44.5 Å². The molecule has 0 atom stereocenters. The van der Waals surface area contributed by atoms with Crippen molar-refractivity contribution < 1.29 is 0 Å². The molecule has 0 N–H and O–H groups in total. The van der Waals surface area contributed by atoms with Gasteiger partial charge in [0.15, 0.2) is 0 Å². The second-order valence-corrected chi connectivity index (χ2v) is 22.3. The summed E-state index contributed by atoms with van der Waals surface area (Å²) in [6, 6.07) is 72.0. The van der Waals surface area contributed by atoms with Gasteiger partial charge in [-0.05, 0) is 143 Å². The molecule has 1 aliphatic heterocycles. The van der Waals surface area contributed by atoms with Gasteiger partial charge in [0.1, 0.15) is 0 Å². The molecule has 0 unspecified atom stereocenters. The number of rotatable bonds is 8. The van der Waals surface area contributed by atoms with Crippen molar-refractivity contribution in [2.24, 2.45) is 0 Å². The van der Waals surface area contributed by atoms with Crippen LogP contribution in [-0.2, 0) is 21.9 Å². The molecule has 0 saturated heterocycles. The highest BCUT2D eigenvalue weighted by atomic mass is 15.3. The molecule has 74 heavy (non-hydrogen) atoms. The van der Waals surface area contributed by atoms with Crippen molar-refractivity contribution >= 4 is 39.8 Å². The summed E-state index contributed by atoms with van der Waals surface area (Å²) < 4.78 is 0. The zero-order valence-electron chi connectivity index (χ0n) is 43.7. The summed E-state index contributed by atoms with van der Waals surface area (Å²) in [7, 11) is 2.20. The van der Waals surface area contributed by atoms with Crippen LogP contribution in [-0.4, -0.2) is 11.9 Å². The quantitative estimate of drug-likeness (QED) is 0.142. The fraction of sp³-hybridized carbons (Fsp3) is 0.188. The molecule has 12 rings (SSSR count). The highest BCUT2D eigenvalue weighted by molar-refractivity contribution is 6.03. The van der Waals surface area contributed by atoms with E-state index in [1.54, 1.807) is 0 Å². The van der Waals surface area contributed by atoms with Gasteiger partial charge in [-0.3, -0.25) is 4.90 Å². The average Bonchev–Trinajstić information content (AvgIpc) is 3.90. The lowest BCUT2D eigenvalue weighted by molar-refractivity contribution is 0.0734. The first kappa shape index (κ1) is 46.6. The molecule has 360 valence electrons. The van der Waals surface area contributed by atoms with Crippen molar-refractivity contribution in [2.45, 2.75) is 77.3 Å². The molecule has 0 bridgehead atoms. The van der Waals surface area contributed by atoms with Crippen LogP contribution in [0.3, 0.4) is 0 Å². The number of fused-ring (bicyclic) bond motifs is 7. The Balaban J connectivity index is 1.21. The lowest BCUT2D eigenvalue weighted by Crippen LogP contribution is -2.42. The molecule has 5 heteroatoms. The molecule has 9 aromatic rings. The first-order valence-corrected chi connectivity index (χ1v) is 25.8. The Bertz CT molecular complexity index is 3560. The molecule has 3 aliphatic rings. The van der Waals surface area contributed by atoms with Crippen molar-refractivity contribution in [3.8, 4) is 50.6 Å². The van der Waals surface area contributed by atoms with Crippen molar-refractivity contribution in [1.29, 1.82) is 5.26 Å². The molecule has 1 heterocycles. The smallest absolute Gasteiger partial charge is 0.230 e. The lowest BCUT2D eigenvalue weighted by Gasteiger charge is -2.39. The standard InChI is InChI=1S/C69H59N5/c1-66(2)55-31-19-17-27-50(55)52-29-21-33-57(59(52)66)73(48-39-35-46(36-40-48)44-23-13-11-14-24-44)64-54(43-70)63(71-9)65(62-61(64)68(5,6)72(10)69(62,7)8)74(49-41-37-47(38-42-49)45-25-15-12-16-26-45)58-34-22-30-53-51-28-18-20-32-56(51)67(3,4)60(53)58/h11-42H,1-8,10H3. The molecule has 5 nitrogen and oxygen atoms in total. The second-order valence-electron chi connectivity index (χ2n) is 22.3. The van der Waals surface area contributed by atoms with Gasteiger partial charge in [0.25, 0.3) is 0 Å². The molecular weight excluding hydrogens is 899 g/mol. The summed E-state index contributed by atoms with van der Waals surface area (Å²) in [5.41, 5.74) is 20.0. The van der Waals surface area contributed by atoms with Crippen LogP contribution in [0.1, 0.15) is 94.3 Å². The van der Waals surface area contributed by atoms with Crippen LogP contribution in [0, 0.1) is 17.9 Å². The summed E-state index contributed by atoms with van der Waals surface area (Å²) in [6.45, 7) is 28.0. The van der Waals surface area contributed by atoms with Crippen LogP contribution in [0.4, 0.5) is 39.8 Å². The van der Waals surface area contributed by atoms with Gasteiger partial charge in [0, 0.05) is 44.5 Å². The van der Waals surface area contributed by atoms with Crippen LogP contribution in [0.25, 0.3) is 49.4 Å². The third-order valence-corrected chi connectivity index (χ3v) is 17.1. The number of benzene rings is 9. The topological polar surface area (TPSA) is 37.9 Å². The highest BCUT2D eigenvalue weighted by Gasteiger charge is 2.54. The summed E-state index contributed by atoms with van der Waals surface area (Å²) in [6.07, 6.45) is 0. The summed E-state index contributed by atoms with van der Waals surface area (Å²) in [5, 5.41) is 12.2. The second kappa shape index (κ2) is 16.8. The Hall–Kier alpha value is -8.48. The van der Waals surface area contributed by atoms with Gasteiger partial charge in [-0.25, -0.2) is 4.85 Å². The zero-order chi connectivity index (χ0) is 51.5. The highest BCUT2D eigenvalue weighted by Crippen LogP contribution is 2.65. The van der Waals surface area contributed by atoms with Gasteiger partial charge in [-0.15, -0.1) is 0 Å². The monoisotopic (exact) mass is 957 g/mol. The van der Waals surface area contributed by atoms with E-state index in [1.807, 2.05) is 12.1 Å². The Morgan fingerprint density at radius 2 is 0.784 bits per heavy atom. The predicted molar refractivity (Wildman–Crippen MR) is 307 cm³/mol. The van der Waals surface area contributed by atoms with Crippen molar-refractivity contribution in [1.82, 2.24) is 4.90 Å². The summed E-state index contributed by atoms with van der Waals surface area (Å²) >= 11 is 0. The number of nitrogens with zero attached hydrogens (tertiary/aromatic N) is 5. The Morgan fingerprint density at radius 3 is 1.20 bits per heavy atom. The molecule has 0 radical (unpaired) electrons. The van der Waals surface area contributed by atoms with Gasteiger partial charge in [-0.2, -0.15) is 5.26 Å². The number of hydrogen-bond donors (Lipinski definition) is 0.